The second-order valence-electron chi connectivity index (χ2n) is 5.23. The van der Waals surface area contributed by atoms with Crippen LogP contribution in [-0.4, -0.2) is 53.7 Å². The van der Waals surface area contributed by atoms with Crippen LogP contribution in [0.5, 0.6) is 0 Å². The zero-order valence-corrected chi connectivity index (χ0v) is 12.0. The van der Waals surface area contributed by atoms with Crippen LogP contribution in [0.3, 0.4) is 0 Å². The van der Waals surface area contributed by atoms with Gasteiger partial charge in [-0.1, -0.05) is 6.42 Å². The fourth-order valence-corrected chi connectivity index (χ4v) is 2.42. The summed E-state index contributed by atoms with van der Waals surface area (Å²) < 4.78 is 15.7. The van der Waals surface area contributed by atoms with Crippen LogP contribution in [0.4, 0.5) is 0 Å². The van der Waals surface area contributed by atoms with E-state index >= 15 is 0 Å². The molecule has 0 aromatic heterocycles. The molecule has 1 fully saturated rings. The molecule has 0 aromatic carbocycles. The van der Waals surface area contributed by atoms with E-state index < -0.39 is 0 Å². The Morgan fingerprint density at radius 1 is 1.00 bits per heavy atom. The fraction of sp³-hybridized carbons (Fsp3) is 1.00. The summed E-state index contributed by atoms with van der Waals surface area (Å²) in [6.07, 6.45) is 6.23. The van der Waals surface area contributed by atoms with Gasteiger partial charge >= 0.3 is 0 Å². The predicted octanol–water partition coefficient (Wildman–Crippen LogP) is 1.84. The Kier molecular flexibility index (Phi) is 8.59. The van der Waals surface area contributed by atoms with Crippen LogP contribution in [0.2, 0.25) is 0 Å². The lowest BCUT2D eigenvalue weighted by molar-refractivity contribution is 0.0412. The van der Waals surface area contributed by atoms with Crippen LogP contribution in [-0.2, 0) is 14.2 Å². The third-order valence-corrected chi connectivity index (χ3v) is 3.81. The van der Waals surface area contributed by atoms with Crippen molar-refractivity contribution in [2.45, 2.75) is 32.1 Å². The van der Waals surface area contributed by atoms with E-state index in [2.05, 4.69) is 5.32 Å². The van der Waals surface area contributed by atoms with E-state index in [1.165, 1.54) is 25.7 Å². The molecule has 0 radical (unpaired) electrons. The zero-order chi connectivity index (χ0) is 13.1. The maximum absolute atomic E-state index is 5.66. The van der Waals surface area contributed by atoms with Gasteiger partial charge in [-0.3, -0.25) is 0 Å². The number of ether oxygens (including phenoxy) is 3. The molecule has 1 saturated carbocycles. The second-order valence-corrected chi connectivity index (χ2v) is 5.23. The molecule has 1 N–H and O–H groups in total. The lowest BCUT2D eigenvalue weighted by Crippen LogP contribution is -2.41. The van der Waals surface area contributed by atoms with Gasteiger partial charge in [0.25, 0.3) is 0 Å². The molecule has 0 bridgehead atoms. The molecule has 0 atom stereocenters. The molecule has 0 saturated heterocycles. The Hall–Kier alpha value is -0.160. The normalized spacial score (nSPS) is 17.7. The highest BCUT2D eigenvalue weighted by atomic mass is 16.5. The van der Waals surface area contributed by atoms with Gasteiger partial charge < -0.3 is 19.5 Å². The molecule has 0 aromatic rings. The smallest absolute Gasteiger partial charge is 0.0587 e. The number of hydrogen-bond acceptors (Lipinski definition) is 4. The first kappa shape index (κ1) is 15.9. The van der Waals surface area contributed by atoms with E-state index in [4.69, 9.17) is 14.2 Å². The molecule has 0 heterocycles. The summed E-state index contributed by atoms with van der Waals surface area (Å²) in [5, 5.41) is 3.49. The standard InChI is InChI=1S/C14H29NO3/c1-16-9-4-10-18-11-7-14(5-3-6-14)13-15-8-12-17-2/h15H,3-13H2,1-2H3. The van der Waals surface area contributed by atoms with Crippen LogP contribution < -0.4 is 5.32 Å². The summed E-state index contributed by atoms with van der Waals surface area (Å²) in [6.45, 7) is 5.36. The van der Waals surface area contributed by atoms with E-state index in [1.54, 1.807) is 14.2 Å². The molecule has 0 amide bonds. The van der Waals surface area contributed by atoms with Crippen molar-refractivity contribution in [3.8, 4) is 0 Å². The molecular formula is C14H29NO3. The molecule has 1 aliphatic rings. The highest BCUT2D eigenvalue weighted by Gasteiger charge is 2.35. The van der Waals surface area contributed by atoms with Gasteiger partial charge in [0.05, 0.1) is 6.61 Å². The lowest BCUT2D eigenvalue weighted by atomic mass is 9.67. The average Bonchev–Trinajstić information content (AvgIpc) is 2.34. The zero-order valence-electron chi connectivity index (χ0n) is 12.0. The Bertz CT molecular complexity index is 195. The maximum Gasteiger partial charge on any atom is 0.0587 e. The van der Waals surface area contributed by atoms with Crippen LogP contribution in [0.1, 0.15) is 32.1 Å². The summed E-state index contributed by atoms with van der Waals surface area (Å²) in [5.74, 6) is 0. The molecule has 18 heavy (non-hydrogen) atoms. The monoisotopic (exact) mass is 259 g/mol. The van der Waals surface area contributed by atoms with Crippen molar-refractivity contribution in [2.75, 3.05) is 53.7 Å². The van der Waals surface area contributed by atoms with Crippen molar-refractivity contribution < 1.29 is 14.2 Å². The summed E-state index contributed by atoms with van der Waals surface area (Å²) >= 11 is 0. The highest BCUT2D eigenvalue weighted by Crippen LogP contribution is 2.43. The van der Waals surface area contributed by atoms with Gasteiger partial charge in [0.15, 0.2) is 0 Å². The van der Waals surface area contributed by atoms with Crippen LogP contribution in [0.25, 0.3) is 0 Å². The minimum absolute atomic E-state index is 0.495. The Morgan fingerprint density at radius 2 is 1.78 bits per heavy atom. The second kappa shape index (κ2) is 9.73. The van der Waals surface area contributed by atoms with E-state index in [0.29, 0.717) is 5.41 Å². The molecule has 0 spiro atoms. The van der Waals surface area contributed by atoms with Crippen LogP contribution in [0.15, 0.2) is 0 Å². The molecule has 108 valence electrons. The van der Waals surface area contributed by atoms with Crippen molar-refractivity contribution in [3.63, 3.8) is 0 Å². The first-order chi connectivity index (χ1) is 8.83. The van der Waals surface area contributed by atoms with E-state index in [1.807, 2.05) is 0 Å². The van der Waals surface area contributed by atoms with Gasteiger partial charge in [0.2, 0.25) is 0 Å². The van der Waals surface area contributed by atoms with Crippen LogP contribution in [0, 0.1) is 5.41 Å². The minimum atomic E-state index is 0.495. The third kappa shape index (κ3) is 6.14. The molecule has 1 aliphatic carbocycles. The molecule has 4 nitrogen and oxygen atoms in total. The van der Waals surface area contributed by atoms with Crippen molar-refractivity contribution >= 4 is 0 Å². The molecule has 4 heteroatoms. The first-order valence-corrected chi connectivity index (χ1v) is 7.09. The topological polar surface area (TPSA) is 39.7 Å². The van der Waals surface area contributed by atoms with E-state index in [9.17, 15) is 0 Å². The Morgan fingerprint density at radius 3 is 2.39 bits per heavy atom. The number of rotatable bonds is 12. The summed E-state index contributed by atoms with van der Waals surface area (Å²) in [7, 11) is 3.48. The largest absolute Gasteiger partial charge is 0.385 e. The number of hydrogen-bond donors (Lipinski definition) is 1. The van der Waals surface area contributed by atoms with Gasteiger partial charge in [-0.15, -0.1) is 0 Å². The van der Waals surface area contributed by atoms with Crippen LogP contribution >= 0.6 is 0 Å². The van der Waals surface area contributed by atoms with Gasteiger partial charge in [0, 0.05) is 47.1 Å². The number of methoxy groups -OCH3 is 2. The summed E-state index contributed by atoms with van der Waals surface area (Å²) in [6, 6.07) is 0. The van der Waals surface area contributed by atoms with Crippen molar-refractivity contribution in [1.82, 2.24) is 5.32 Å². The van der Waals surface area contributed by atoms with Gasteiger partial charge in [-0.25, -0.2) is 0 Å². The quantitative estimate of drug-likeness (QED) is 0.543. The highest BCUT2D eigenvalue weighted by molar-refractivity contribution is 4.89. The minimum Gasteiger partial charge on any atom is -0.385 e. The molecule has 0 aliphatic heterocycles. The van der Waals surface area contributed by atoms with E-state index in [-0.39, 0.29) is 0 Å². The third-order valence-electron chi connectivity index (χ3n) is 3.81. The predicted molar refractivity (Wildman–Crippen MR) is 73.0 cm³/mol. The fourth-order valence-electron chi connectivity index (χ4n) is 2.42. The Labute approximate surface area is 111 Å². The van der Waals surface area contributed by atoms with Crippen molar-refractivity contribution in [3.05, 3.63) is 0 Å². The Balaban J connectivity index is 2.01. The van der Waals surface area contributed by atoms with Crippen molar-refractivity contribution in [2.24, 2.45) is 5.41 Å². The molecule has 0 unspecified atom stereocenters. The van der Waals surface area contributed by atoms with Crippen molar-refractivity contribution in [1.29, 1.82) is 0 Å². The SMILES string of the molecule is COCCCOCCC1(CNCCOC)CCC1. The average molecular weight is 259 g/mol. The van der Waals surface area contributed by atoms with Gasteiger partial charge in [-0.2, -0.15) is 0 Å². The van der Waals surface area contributed by atoms with E-state index in [0.717, 1.165) is 45.9 Å². The van der Waals surface area contributed by atoms with Gasteiger partial charge in [0.1, 0.15) is 0 Å². The summed E-state index contributed by atoms with van der Waals surface area (Å²) in [5.41, 5.74) is 0.495. The maximum atomic E-state index is 5.66. The molecule has 1 rings (SSSR count). The lowest BCUT2D eigenvalue weighted by Gasteiger charge is -2.42. The molecular weight excluding hydrogens is 230 g/mol. The van der Waals surface area contributed by atoms with Gasteiger partial charge in [-0.05, 0) is 31.1 Å². The summed E-state index contributed by atoms with van der Waals surface area (Å²) in [4.78, 5) is 0. The number of nitrogens with one attached hydrogen (secondary N) is 1. The first-order valence-electron chi connectivity index (χ1n) is 7.09.